The van der Waals surface area contributed by atoms with Crippen LogP contribution in [0.1, 0.15) is 30.4 Å². The molecule has 1 amide bonds. The number of hydrogen-bond donors (Lipinski definition) is 2. The van der Waals surface area contributed by atoms with Crippen LogP contribution in [0.25, 0.3) is 0 Å². The molecule has 0 aromatic carbocycles. The second-order valence-corrected chi connectivity index (χ2v) is 5.88. The van der Waals surface area contributed by atoms with E-state index in [0.717, 1.165) is 0 Å². The first-order valence-corrected chi connectivity index (χ1v) is 7.31. The molecule has 2 rings (SSSR count). The van der Waals surface area contributed by atoms with Gasteiger partial charge < -0.3 is 15.6 Å². The highest BCUT2D eigenvalue weighted by molar-refractivity contribution is 7.09. The molecule has 0 unspecified atom stereocenters. The van der Waals surface area contributed by atoms with Gasteiger partial charge in [-0.05, 0) is 17.4 Å². The van der Waals surface area contributed by atoms with E-state index in [4.69, 9.17) is 10.3 Å². The second-order valence-electron chi connectivity index (χ2n) is 4.85. The number of nitrogens with one attached hydrogen (secondary N) is 1. The van der Waals surface area contributed by atoms with Gasteiger partial charge in [-0.25, -0.2) is 0 Å². The lowest BCUT2D eigenvalue weighted by Crippen LogP contribution is -2.43. The zero-order chi connectivity index (χ0) is 14.5. The van der Waals surface area contributed by atoms with Gasteiger partial charge in [0.2, 0.25) is 11.8 Å². The molecule has 6 nitrogen and oxygen atoms in total. The van der Waals surface area contributed by atoms with Crippen molar-refractivity contribution in [3.63, 3.8) is 0 Å². The Morgan fingerprint density at radius 3 is 2.90 bits per heavy atom. The van der Waals surface area contributed by atoms with Crippen molar-refractivity contribution in [2.75, 3.05) is 0 Å². The molecule has 2 aromatic rings. The van der Waals surface area contributed by atoms with Crippen molar-refractivity contribution in [2.45, 2.75) is 32.9 Å². The summed E-state index contributed by atoms with van der Waals surface area (Å²) in [5.74, 6) is 0.885. The normalized spacial score (nSPS) is 12.0. The van der Waals surface area contributed by atoms with Crippen molar-refractivity contribution in [3.8, 4) is 0 Å². The molecule has 0 radical (unpaired) electrons. The van der Waals surface area contributed by atoms with E-state index in [-0.39, 0.29) is 30.8 Å². The molecule has 0 saturated carbocycles. The van der Waals surface area contributed by atoms with Gasteiger partial charge in [-0.15, -0.1) is 23.7 Å². The highest BCUT2D eigenvalue weighted by Gasteiger charge is 2.17. The van der Waals surface area contributed by atoms with Crippen LogP contribution >= 0.6 is 23.7 Å². The fourth-order valence-electron chi connectivity index (χ4n) is 1.59. The van der Waals surface area contributed by atoms with Gasteiger partial charge in [0.05, 0.1) is 12.6 Å². The van der Waals surface area contributed by atoms with Crippen LogP contribution in [-0.2, 0) is 17.8 Å². The third-order valence-corrected chi connectivity index (χ3v) is 3.73. The summed E-state index contributed by atoms with van der Waals surface area (Å²) in [6.45, 7) is 4.00. The van der Waals surface area contributed by atoms with E-state index in [1.165, 1.54) is 4.88 Å². The van der Waals surface area contributed by atoms with Gasteiger partial charge in [-0.3, -0.25) is 4.79 Å². The van der Waals surface area contributed by atoms with Crippen LogP contribution in [0.5, 0.6) is 0 Å². The Bertz CT molecular complexity index is 556. The summed E-state index contributed by atoms with van der Waals surface area (Å²) in [7, 11) is 0. The lowest BCUT2D eigenvalue weighted by molar-refractivity contribution is -0.123. The van der Waals surface area contributed by atoms with Crippen LogP contribution in [-0.4, -0.2) is 22.1 Å². The molecule has 0 aliphatic rings. The van der Waals surface area contributed by atoms with E-state index in [9.17, 15) is 4.79 Å². The molecule has 2 aromatic heterocycles. The fourth-order valence-corrected chi connectivity index (χ4v) is 2.29. The van der Waals surface area contributed by atoms with E-state index in [2.05, 4.69) is 15.5 Å². The highest BCUT2D eigenvalue weighted by atomic mass is 35.5. The largest absolute Gasteiger partial charge is 0.346 e. The maximum atomic E-state index is 11.7. The van der Waals surface area contributed by atoms with Crippen LogP contribution in [0.3, 0.4) is 0 Å². The first kappa shape index (κ1) is 17.6. The molecule has 0 bridgehead atoms. The monoisotopic (exact) mass is 330 g/mol. The van der Waals surface area contributed by atoms with Crippen molar-refractivity contribution >= 4 is 29.7 Å². The molecule has 21 heavy (non-hydrogen) atoms. The van der Waals surface area contributed by atoms with E-state index >= 15 is 0 Å². The molecule has 0 aliphatic carbocycles. The van der Waals surface area contributed by atoms with E-state index in [1.54, 1.807) is 11.3 Å². The minimum atomic E-state index is -0.525. The Labute approximate surface area is 133 Å². The quantitative estimate of drug-likeness (QED) is 0.841. The second kappa shape index (κ2) is 8.11. The maximum absolute atomic E-state index is 11.7. The Balaban J connectivity index is 0.00000220. The van der Waals surface area contributed by atoms with Crippen molar-refractivity contribution in [1.29, 1.82) is 0 Å². The van der Waals surface area contributed by atoms with Crippen LogP contribution in [0, 0.1) is 5.92 Å². The number of carbonyl (C=O) groups is 1. The summed E-state index contributed by atoms with van der Waals surface area (Å²) in [5, 5.41) is 8.59. The van der Waals surface area contributed by atoms with Gasteiger partial charge in [0.25, 0.3) is 0 Å². The van der Waals surface area contributed by atoms with Crippen molar-refractivity contribution < 1.29 is 9.32 Å². The number of halogens is 1. The van der Waals surface area contributed by atoms with Crippen LogP contribution < -0.4 is 11.1 Å². The number of carbonyl (C=O) groups excluding carboxylic acids is 1. The van der Waals surface area contributed by atoms with Crippen LogP contribution in [0.2, 0.25) is 0 Å². The number of hydrogen-bond acceptors (Lipinski definition) is 6. The third-order valence-electron chi connectivity index (χ3n) is 2.86. The predicted molar refractivity (Wildman–Crippen MR) is 83.3 cm³/mol. The summed E-state index contributed by atoms with van der Waals surface area (Å²) in [5.41, 5.74) is 5.74. The molecular weight excluding hydrogens is 312 g/mol. The number of thiophene rings is 1. The minimum Gasteiger partial charge on any atom is -0.346 e. The van der Waals surface area contributed by atoms with Gasteiger partial charge in [-0.1, -0.05) is 25.1 Å². The third kappa shape index (κ3) is 5.11. The van der Waals surface area contributed by atoms with Crippen molar-refractivity contribution in [1.82, 2.24) is 15.5 Å². The maximum Gasteiger partial charge on any atom is 0.246 e. The summed E-state index contributed by atoms with van der Waals surface area (Å²) in [4.78, 5) is 17.1. The molecule has 2 heterocycles. The molecule has 0 spiro atoms. The van der Waals surface area contributed by atoms with Crippen LogP contribution in [0.15, 0.2) is 22.0 Å². The number of nitrogens with zero attached hydrogens (tertiary/aromatic N) is 2. The van der Waals surface area contributed by atoms with Gasteiger partial charge in [0, 0.05) is 11.3 Å². The minimum absolute atomic E-state index is 0. The summed E-state index contributed by atoms with van der Waals surface area (Å²) < 4.78 is 5.09. The van der Waals surface area contributed by atoms with Crippen molar-refractivity contribution in [2.24, 2.45) is 11.7 Å². The lowest BCUT2D eigenvalue weighted by atomic mass is 10.1. The lowest BCUT2D eigenvalue weighted by Gasteiger charge is -2.14. The Morgan fingerprint density at radius 2 is 2.29 bits per heavy atom. The number of aromatic nitrogens is 2. The average molecular weight is 331 g/mol. The zero-order valence-electron chi connectivity index (χ0n) is 11.9. The molecule has 0 fully saturated rings. The Hall–Kier alpha value is -1.44. The van der Waals surface area contributed by atoms with Gasteiger partial charge >= 0.3 is 0 Å². The standard InChI is InChI=1S/C13H18N4O2S.ClH/c1-8(2)12(14)13(18)15-7-11-16-10(17-19-11)6-9-4-3-5-20-9;/h3-5,8,12H,6-7,14H2,1-2H3,(H,15,18);1H/t12-;/m0./s1. The average Bonchev–Trinajstić information content (AvgIpc) is 3.07. The number of rotatable bonds is 6. The highest BCUT2D eigenvalue weighted by Crippen LogP contribution is 2.12. The smallest absolute Gasteiger partial charge is 0.246 e. The van der Waals surface area contributed by atoms with Gasteiger partial charge in [0.15, 0.2) is 5.82 Å². The molecule has 3 N–H and O–H groups in total. The fraction of sp³-hybridized carbons (Fsp3) is 0.462. The van der Waals surface area contributed by atoms with Gasteiger partial charge in [-0.2, -0.15) is 4.98 Å². The summed E-state index contributed by atoms with van der Waals surface area (Å²) in [6.07, 6.45) is 0.640. The molecular formula is C13H19ClN4O2S. The van der Waals surface area contributed by atoms with Gasteiger partial charge in [0.1, 0.15) is 0 Å². The first-order valence-electron chi connectivity index (χ1n) is 6.43. The molecule has 8 heteroatoms. The van der Waals surface area contributed by atoms with E-state index in [0.29, 0.717) is 18.1 Å². The summed E-state index contributed by atoms with van der Waals surface area (Å²) in [6, 6.07) is 3.47. The molecule has 1 atom stereocenters. The Morgan fingerprint density at radius 1 is 1.52 bits per heavy atom. The molecule has 0 aliphatic heterocycles. The van der Waals surface area contributed by atoms with Crippen LogP contribution in [0.4, 0.5) is 0 Å². The number of nitrogens with two attached hydrogens (primary N) is 1. The Kier molecular flexibility index (Phi) is 6.80. The SMILES string of the molecule is CC(C)[C@H](N)C(=O)NCc1nc(Cc2cccs2)no1.Cl. The predicted octanol–water partition coefficient (Wildman–Crippen LogP) is 1.74. The number of amides is 1. The van der Waals surface area contributed by atoms with Crippen molar-refractivity contribution in [3.05, 3.63) is 34.1 Å². The zero-order valence-corrected chi connectivity index (χ0v) is 13.5. The van der Waals surface area contributed by atoms with E-state index in [1.807, 2.05) is 31.4 Å². The van der Waals surface area contributed by atoms with E-state index < -0.39 is 6.04 Å². The molecule has 116 valence electrons. The molecule has 0 saturated heterocycles. The topological polar surface area (TPSA) is 94.0 Å². The summed E-state index contributed by atoms with van der Waals surface area (Å²) >= 11 is 1.64. The first-order chi connectivity index (χ1) is 9.56.